The minimum Gasteiger partial charge on any atom is -0.283 e. The first-order valence-corrected chi connectivity index (χ1v) is 7.86. The average Bonchev–Trinajstić information content (AvgIpc) is 3.08. The van der Waals surface area contributed by atoms with Gasteiger partial charge in [0, 0.05) is 18.5 Å². The molecule has 0 aliphatic carbocycles. The van der Waals surface area contributed by atoms with Crippen molar-refractivity contribution in [2.75, 3.05) is 6.54 Å². The molecule has 0 bridgehead atoms. The third kappa shape index (κ3) is 4.19. The highest BCUT2D eigenvalue weighted by molar-refractivity contribution is 5.97. The number of hydrogen-bond donors (Lipinski definition) is 1. The van der Waals surface area contributed by atoms with Gasteiger partial charge in [0.1, 0.15) is 11.7 Å². The summed E-state index contributed by atoms with van der Waals surface area (Å²) in [7, 11) is 0. The van der Waals surface area contributed by atoms with Crippen LogP contribution in [0.5, 0.6) is 0 Å². The Morgan fingerprint density at radius 1 is 1.15 bits per heavy atom. The van der Waals surface area contributed by atoms with E-state index in [0.29, 0.717) is 24.4 Å². The maximum absolute atomic E-state index is 13.2. The molecule has 1 amide bonds. The number of hydrazine groups is 1. The van der Waals surface area contributed by atoms with Gasteiger partial charge in [-0.15, -0.1) is 0 Å². The number of benzene rings is 2. The molecule has 2 aromatic rings. The van der Waals surface area contributed by atoms with Crippen molar-refractivity contribution in [1.29, 1.82) is 0 Å². The summed E-state index contributed by atoms with van der Waals surface area (Å²) in [6, 6.07) is 10.2. The van der Waals surface area contributed by atoms with E-state index in [1.165, 1.54) is 35.3 Å². The summed E-state index contributed by atoms with van der Waals surface area (Å²) >= 11 is 0. The van der Waals surface area contributed by atoms with Crippen molar-refractivity contribution < 1.29 is 22.4 Å². The Morgan fingerprint density at radius 3 is 2.54 bits per heavy atom. The molecule has 2 aromatic carbocycles. The summed E-state index contributed by atoms with van der Waals surface area (Å²) in [5.41, 5.74) is 2.99. The molecular weight excluding hydrogens is 350 g/mol. The van der Waals surface area contributed by atoms with Crippen LogP contribution >= 0.6 is 0 Å². The lowest BCUT2D eigenvalue weighted by atomic mass is 10.1. The van der Waals surface area contributed by atoms with Crippen molar-refractivity contribution in [1.82, 2.24) is 10.4 Å². The van der Waals surface area contributed by atoms with E-state index in [1.54, 1.807) is 0 Å². The molecule has 4 nitrogen and oxygen atoms in total. The average molecular weight is 365 g/mol. The largest absolute Gasteiger partial charge is 0.416 e. The van der Waals surface area contributed by atoms with Gasteiger partial charge in [0.05, 0.1) is 12.1 Å². The van der Waals surface area contributed by atoms with Crippen LogP contribution in [-0.2, 0) is 12.7 Å². The Labute approximate surface area is 147 Å². The monoisotopic (exact) mass is 365 g/mol. The van der Waals surface area contributed by atoms with Crippen LogP contribution in [0.25, 0.3) is 0 Å². The molecule has 1 N–H and O–H groups in total. The van der Waals surface area contributed by atoms with Crippen molar-refractivity contribution in [2.45, 2.75) is 19.1 Å². The number of hydrogen-bond acceptors (Lipinski definition) is 2. The number of alkyl halides is 3. The Kier molecular flexibility index (Phi) is 4.92. The predicted octanol–water partition coefficient (Wildman–Crippen LogP) is 3.79. The smallest absolute Gasteiger partial charge is 0.283 e. The fraction of sp³-hybridized carbons (Fsp3) is 0.222. The molecule has 136 valence electrons. The van der Waals surface area contributed by atoms with Crippen LogP contribution in [-0.4, -0.2) is 23.3 Å². The molecule has 0 radical (unpaired) electrons. The van der Waals surface area contributed by atoms with Gasteiger partial charge >= 0.3 is 6.18 Å². The third-order valence-corrected chi connectivity index (χ3v) is 3.89. The van der Waals surface area contributed by atoms with Crippen molar-refractivity contribution in [3.63, 3.8) is 0 Å². The Hall–Kier alpha value is -2.90. The van der Waals surface area contributed by atoms with Gasteiger partial charge in [-0.05, 0) is 35.9 Å². The van der Waals surface area contributed by atoms with Crippen molar-refractivity contribution >= 4 is 11.7 Å². The van der Waals surface area contributed by atoms with Crippen LogP contribution in [0.15, 0.2) is 53.5 Å². The molecule has 1 saturated heterocycles. The van der Waals surface area contributed by atoms with Crippen LogP contribution in [0.4, 0.5) is 17.6 Å². The Balaban J connectivity index is 1.61. The van der Waals surface area contributed by atoms with Gasteiger partial charge in [0.15, 0.2) is 0 Å². The number of nitrogens with one attached hydrogen (secondary N) is 1. The number of amidine groups is 1. The molecule has 1 fully saturated rings. The lowest BCUT2D eigenvalue weighted by Gasteiger charge is -2.15. The number of carbonyl (C=O) groups is 1. The highest BCUT2D eigenvalue weighted by Crippen LogP contribution is 2.29. The topological polar surface area (TPSA) is 44.7 Å². The first-order chi connectivity index (χ1) is 12.3. The first kappa shape index (κ1) is 17.9. The van der Waals surface area contributed by atoms with E-state index in [-0.39, 0.29) is 18.0 Å². The van der Waals surface area contributed by atoms with Gasteiger partial charge < -0.3 is 0 Å². The molecule has 0 spiro atoms. The van der Waals surface area contributed by atoms with Crippen LogP contribution in [0.1, 0.15) is 27.9 Å². The normalized spacial score (nSPS) is 16.0. The molecular formula is C18H15F4N3O. The standard InChI is InChI=1S/C18H15F4N3O/c19-15-3-1-2-13(10-15)17(26)25-9-8-16(24-25)23-11-12-4-6-14(7-5-12)18(20,21)22/h1-7,10H,8-9,11H2,(H,23,24). The van der Waals surface area contributed by atoms with Crippen LogP contribution in [0, 0.1) is 5.82 Å². The van der Waals surface area contributed by atoms with E-state index >= 15 is 0 Å². The van der Waals surface area contributed by atoms with Crippen molar-refractivity contribution in [2.24, 2.45) is 4.99 Å². The SMILES string of the molecule is O=C(c1cccc(F)c1)N1CCC(=NCc2ccc(C(F)(F)F)cc2)N1. The van der Waals surface area contributed by atoms with E-state index < -0.39 is 17.6 Å². The number of amides is 1. The summed E-state index contributed by atoms with van der Waals surface area (Å²) in [6.07, 6.45) is -3.88. The molecule has 8 heteroatoms. The molecule has 1 heterocycles. The highest BCUT2D eigenvalue weighted by Gasteiger charge is 2.30. The Morgan fingerprint density at radius 2 is 1.88 bits per heavy atom. The second kappa shape index (κ2) is 7.15. The highest BCUT2D eigenvalue weighted by atomic mass is 19.4. The zero-order chi connectivity index (χ0) is 18.7. The second-order valence-corrected chi connectivity index (χ2v) is 5.79. The Bertz CT molecular complexity index is 831. The summed E-state index contributed by atoms with van der Waals surface area (Å²) in [6.45, 7) is 0.573. The molecule has 0 atom stereocenters. The minimum absolute atomic E-state index is 0.197. The maximum atomic E-state index is 13.2. The second-order valence-electron chi connectivity index (χ2n) is 5.79. The minimum atomic E-state index is -4.37. The summed E-state index contributed by atoms with van der Waals surface area (Å²) in [5, 5.41) is 1.33. The quantitative estimate of drug-likeness (QED) is 0.841. The zero-order valence-corrected chi connectivity index (χ0v) is 13.6. The van der Waals surface area contributed by atoms with Crippen LogP contribution < -0.4 is 5.43 Å². The van der Waals surface area contributed by atoms with Crippen LogP contribution in [0.3, 0.4) is 0 Å². The fourth-order valence-electron chi connectivity index (χ4n) is 2.52. The van der Waals surface area contributed by atoms with Gasteiger partial charge in [-0.2, -0.15) is 13.2 Å². The van der Waals surface area contributed by atoms with Gasteiger partial charge in [-0.3, -0.25) is 20.2 Å². The molecule has 0 unspecified atom stereocenters. The number of halogens is 4. The summed E-state index contributed by atoms with van der Waals surface area (Å²) < 4.78 is 50.8. The molecule has 1 aliphatic heterocycles. The predicted molar refractivity (Wildman–Crippen MR) is 87.8 cm³/mol. The number of rotatable bonds is 3. The van der Waals surface area contributed by atoms with Gasteiger partial charge in [0.2, 0.25) is 0 Å². The van der Waals surface area contributed by atoms with E-state index in [9.17, 15) is 22.4 Å². The number of aliphatic imine (C=N–C) groups is 1. The van der Waals surface area contributed by atoms with Crippen LogP contribution in [0.2, 0.25) is 0 Å². The molecule has 26 heavy (non-hydrogen) atoms. The van der Waals surface area contributed by atoms with Crippen molar-refractivity contribution in [3.05, 3.63) is 71.0 Å². The van der Waals surface area contributed by atoms with E-state index in [0.717, 1.165) is 18.2 Å². The maximum Gasteiger partial charge on any atom is 0.416 e. The van der Waals surface area contributed by atoms with Gasteiger partial charge in [-0.25, -0.2) is 4.39 Å². The van der Waals surface area contributed by atoms with Gasteiger partial charge in [-0.1, -0.05) is 18.2 Å². The van der Waals surface area contributed by atoms with E-state index in [4.69, 9.17) is 0 Å². The lowest BCUT2D eigenvalue weighted by molar-refractivity contribution is -0.137. The molecule has 0 aromatic heterocycles. The molecule has 3 rings (SSSR count). The van der Waals surface area contributed by atoms with E-state index in [2.05, 4.69) is 10.4 Å². The van der Waals surface area contributed by atoms with Gasteiger partial charge in [0.25, 0.3) is 5.91 Å². The fourth-order valence-corrected chi connectivity index (χ4v) is 2.52. The molecule has 1 aliphatic rings. The van der Waals surface area contributed by atoms with Crippen molar-refractivity contribution in [3.8, 4) is 0 Å². The number of nitrogens with zero attached hydrogens (tertiary/aromatic N) is 2. The lowest BCUT2D eigenvalue weighted by Crippen LogP contribution is -2.38. The summed E-state index contributed by atoms with van der Waals surface area (Å²) in [5.74, 6) is -0.315. The number of carbonyl (C=O) groups excluding carboxylic acids is 1. The molecule has 0 saturated carbocycles. The summed E-state index contributed by atoms with van der Waals surface area (Å²) in [4.78, 5) is 16.6. The third-order valence-electron chi connectivity index (χ3n) is 3.89. The van der Waals surface area contributed by atoms with E-state index in [1.807, 2.05) is 0 Å². The zero-order valence-electron chi connectivity index (χ0n) is 13.6. The first-order valence-electron chi connectivity index (χ1n) is 7.86.